The Morgan fingerprint density at radius 3 is 2.00 bits per heavy atom. The van der Waals surface area contributed by atoms with Gasteiger partial charge in [-0.05, 0) is 0 Å². The maximum absolute atomic E-state index is 12.1. The van der Waals surface area contributed by atoms with Crippen molar-refractivity contribution in [2.45, 2.75) is 34.6 Å². The largest absolute Gasteiger partial charge is 0.147 e. The van der Waals surface area contributed by atoms with Crippen LogP contribution in [0.2, 0.25) is 0 Å². The second kappa shape index (κ2) is 8.35. The Hall–Kier alpha value is -0.536. The third kappa shape index (κ3) is 4.05. The molecule has 0 bridgehead atoms. The molecular formula is C17H22Cl2O2Ti. The van der Waals surface area contributed by atoms with Gasteiger partial charge in [0, 0.05) is 0 Å². The molecule has 5 heteroatoms. The molecule has 0 aromatic heterocycles. The smallest absolute Gasteiger partial charge is 0.147 e. The van der Waals surface area contributed by atoms with E-state index in [0.717, 1.165) is 0 Å². The summed E-state index contributed by atoms with van der Waals surface area (Å²) in [5.41, 5.74) is 4.72. The predicted octanol–water partition coefficient (Wildman–Crippen LogP) is 5.33. The van der Waals surface area contributed by atoms with Crippen LogP contribution in [0.4, 0.5) is 0 Å². The number of halogens is 2. The number of benzene rings is 1. The number of carbonyl (C=O) groups excluding carboxylic acids is 1. The minimum Gasteiger partial charge on any atom is -0.147 e. The summed E-state index contributed by atoms with van der Waals surface area (Å²) in [6.07, 6.45) is 0. The second-order valence-electron chi connectivity index (χ2n) is 5.73. The molecule has 120 valence electrons. The fourth-order valence-electron chi connectivity index (χ4n) is 2.53. The van der Waals surface area contributed by atoms with Crippen LogP contribution in [0.5, 0.6) is 0 Å². The van der Waals surface area contributed by atoms with Crippen molar-refractivity contribution in [2.75, 3.05) is 0 Å². The standard InChI is InChI=1S/C10H15.C7H6O2.2ClH.Ti/c1-7-6-10(4,5)9(3)8(7)2;8-7(9)6-4-2-1-3-5-6;;;/h1-5H3;1-5H,(H,8,9);2*1H;/q;;;;+1/p-1. The maximum atomic E-state index is 12.1. The first-order chi connectivity index (χ1) is 9.35. The van der Waals surface area contributed by atoms with Crippen molar-refractivity contribution in [3.8, 4) is 0 Å². The molecule has 0 unspecified atom stereocenters. The Balaban J connectivity index is 0.00000220. The fraction of sp³-hybridized carbons (Fsp3) is 0.353. The summed E-state index contributed by atoms with van der Waals surface area (Å²) in [5, 5.41) is 0. The Bertz CT molecular complexity index is 604. The number of hydrogen-bond donors (Lipinski definition) is 0. The summed E-state index contributed by atoms with van der Waals surface area (Å²) in [7, 11) is 0. The normalized spacial score (nSPS) is 15.9. The van der Waals surface area contributed by atoms with Crippen LogP contribution in [0.1, 0.15) is 45.0 Å². The first-order valence-corrected chi connectivity index (χ1v) is 8.19. The molecule has 0 amide bonds. The van der Waals surface area contributed by atoms with Gasteiger partial charge >= 0.3 is 130 Å². The van der Waals surface area contributed by atoms with Gasteiger partial charge in [0.2, 0.25) is 0 Å². The average Bonchev–Trinajstić information content (AvgIpc) is 2.59. The summed E-state index contributed by atoms with van der Waals surface area (Å²) in [5.74, 6) is -0.205. The van der Waals surface area contributed by atoms with Crippen molar-refractivity contribution in [1.29, 1.82) is 0 Å². The first kappa shape index (κ1) is 21.5. The predicted molar refractivity (Wildman–Crippen MR) is 91.2 cm³/mol. The van der Waals surface area contributed by atoms with E-state index >= 15 is 0 Å². The van der Waals surface area contributed by atoms with Gasteiger partial charge in [-0.3, -0.25) is 0 Å². The Morgan fingerprint density at radius 1 is 1.00 bits per heavy atom. The van der Waals surface area contributed by atoms with E-state index in [9.17, 15) is 4.79 Å². The van der Waals surface area contributed by atoms with Gasteiger partial charge in [-0.25, -0.2) is 0 Å². The van der Waals surface area contributed by atoms with Gasteiger partial charge in [-0.15, -0.1) is 24.8 Å². The van der Waals surface area contributed by atoms with E-state index in [2.05, 4.69) is 34.6 Å². The Labute approximate surface area is 154 Å². The van der Waals surface area contributed by atoms with Crippen LogP contribution in [0.25, 0.3) is 0 Å². The van der Waals surface area contributed by atoms with Crippen LogP contribution in [-0.4, -0.2) is 5.97 Å². The minimum atomic E-state index is -0.891. The third-order valence-electron chi connectivity index (χ3n) is 4.32. The van der Waals surface area contributed by atoms with E-state index in [1.165, 1.54) is 20.6 Å². The van der Waals surface area contributed by atoms with Gasteiger partial charge < -0.3 is 0 Å². The van der Waals surface area contributed by atoms with Gasteiger partial charge in [0.25, 0.3) is 0 Å². The van der Waals surface area contributed by atoms with Gasteiger partial charge in [0.15, 0.2) is 0 Å². The summed E-state index contributed by atoms with van der Waals surface area (Å²) in [4.78, 5) is 12.1. The molecule has 2 rings (SSSR count). The average molecular weight is 377 g/mol. The minimum absolute atomic E-state index is 0. The molecule has 0 saturated heterocycles. The van der Waals surface area contributed by atoms with Crippen LogP contribution in [0, 0.1) is 5.41 Å². The SMILES string of the molecule is CC1=C(C)C(C)(C)[C]([Ti][O]C(=O)c2ccccc2)=C1C.Cl.Cl. The van der Waals surface area contributed by atoms with Crippen LogP contribution in [0.15, 0.2) is 50.9 Å². The number of rotatable bonds is 3. The van der Waals surface area contributed by atoms with E-state index in [-0.39, 0.29) is 36.2 Å². The van der Waals surface area contributed by atoms with Crippen LogP contribution in [0.3, 0.4) is 0 Å². The molecule has 0 spiro atoms. The molecule has 1 aliphatic rings. The molecule has 1 aromatic rings. The van der Waals surface area contributed by atoms with Gasteiger partial charge in [-0.1, -0.05) is 0 Å². The van der Waals surface area contributed by atoms with E-state index in [0.29, 0.717) is 5.56 Å². The molecule has 0 radical (unpaired) electrons. The molecule has 22 heavy (non-hydrogen) atoms. The van der Waals surface area contributed by atoms with Crippen molar-refractivity contribution < 1.29 is 27.7 Å². The maximum Gasteiger partial charge on any atom is -0.147 e. The molecule has 2 nitrogen and oxygen atoms in total. The summed E-state index contributed by atoms with van der Waals surface area (Å²) >= 11 is -0.891. The van der Waals surface area contributed by atoms with Gasteiger partial charge in [0.1, 0.15) is 0 Å². The quantitative estimate of drug-likeness (QED) is 0.666. The van der Waals surface area contributed by atoms with Crippen LogP contribution < -0.4 is 0 Å². The molecule has 0 fully saturated rings. The Morgan fingerprint density at radius 2 is 1.55 bits per heavy atom. The van der Waals surface area contributed by atoms with Crippen molar-refractivity contribution in [2.24, 2.45) is 5.41 Å². The molecule has 0 atom stereocenters. The first-order valence-electron chi connectivity index (χ1n) is 6.77. The summed E-state index contributed by atoms with van der Waals surface area (Å²) < 4.78 is 6.95. The van der Waals surface area contributed by atoms with Crippen molar-refractivity contribution in [3.05, 3.63) is 56.5 Å². The summed E-state index contributed by atoms with van der Waals surface area (Å²) in [6, 6.07) is 9.21. The summed E-state index contributed by atoms with van der Waals surface area (Å²) in [6.45, 7) is 10.9. The number of carbonyl (C=O) groups is 1. The van der Waals surface area contributed by atoms with E-state index < -0.39 is 19.5 Å². The topological polar surface area (TPSA) is 26.3 Å². The van der Waals surface area contributed by atoms with Crippen LogP contribution in [-0.2, 0) is 22.9 Å². The van der Waals surface area contributed by atoms with Crippen molar-refractivity contribution in [3.63, 3.8) is 0 Å². The van der Waals surface area contributed by atoms with Crippen molar-refractivity contribution >= 4 is 30.8 Å². The van der Waals surface area contributed by atoms with E-state index in [1.807, 2.05) is 18.2 Å². The number of allylic oxidation sites excluding steroid dienone is 4. The molecule has 0 aliphatic heterocycles. The second-order valence-corrected chi connectivity index (χ2v) is 7.15. The molecule has 1 aromatic carbocycles. The van der Waals surface area contributed by atoms with Crippen molar-refractivity contribution in [1.82, 2.24) is 0 Å². The monoisotopic (exact) mass is 376 g/mol. The Kier molecular flexibility index (Phi) is 8.15. The fourth-order valence-corrected chi connectivity index (χ4v) is 4.24. The van der Waals surface area contributed by atoms with Gasteiger partial charge in [0.05, 0.1) is 0 Å². The van der Waals surface area contributed by atoms with E-state index in [4.69, 9.17) is 3.32 Å². The van der Waals surface area contributed by atoms with Crippen LogP contribution >= 0.6 is 24.8 Å². The molecular weight excluding hydrogens is 355 g/mol. The zero-order valence-electron chi connectivity index (χ0n) is 13.5. The number of hydrogen-bond acceptors (Lipinski definition) is 2. The van der Waals surface area contributed by atoms with E-state index in [1.54, 1.807) is 12.1 Å². The molecule has 0 N–H and O–H groups in total. The van der Waals surface area contributed by atoms with Gasteiger partial charge in [-0.2, -0.15) is 0 Å². The zero-order chi connectivity index (χ0) is 14.9. The molecule has 1 aliphatic carbocycles. The third-order valence-corrected chi connectivity index (χ3v) is 6.65. The zero-order valence-corrected chi connectivity index (χ0v) is 16.7. The molecule has 0 saturated carbocycles. The molecule has 0 heterocycles.